The smallest absolute Gasteiger partial charge is 0.244 e. The number of carbonyl (C=O) groups excluding carboxylic acids is 2. The fourth-order valence-electron chi connectivity index (χ4n) is 4.85. The van der Waals surface area contributed by atoms with Gasteiger partial charge in [0.25, 0.3) is 0 Å². The highest BCUT2D eigenvalue weighted by atomic mass is 16.3. The molecule has 1 fully saturated rings. The summed E-state index contributed by atoms with van der Waals surface area (Å²) in [6.45, 7) is 10.2. The van der Waals surface area contributed by atoms with Crippen molar-refractivity contribution in [1.29, 1.82) is 0 Å². The summed E-state index contributed by atoms with van der Waals surface area (Å²) in [6.07, 6.45) is 1.48. The molecule has 0 bridgehead atoms. The minimum Gasteiger partial charge on any atom is -0.508 e. The number of aromatic hydroxyl groups is 1. The summed E-state index contributed by atoms with van der Waals surface area (Å²) < 4.78 is 0. The maximum Gasteiger partial charge on any atom is 0.244 e. The lowest BCUT2D eigenvalue weighted by molar-refractivity contribution is -0.160. The molecule has 6 heteroatoms. The average Bonchev–Trinajstić information content (AvgIpc) is 2.81. The number of hydrazine groups is 1. The molecule has 0 spiro atoms. The summed E-state index contributed by atoms with van der Waals surface area (Å²) in [5.41, 5.74) is 1.95. The summed E-state index contributed by atoms with van der Waals surface area (Å²) in [5.74, 6) is 0.000548. The first kappa shape index (κ1) is 24.8. The van der Waals surface area contributed by atoms with Gasteiger partial charge in [-0.2, -0.15) is 0 Å². The van der Waals surface area contributed by atoms with Crippen molar-refractivity contribution in [1.82, 2.24) is 15.3 Å². The van der Waals surface area contributed by atoms with Gasteiger partial charge in [-0.1, -0.05) is 63.2 Å². The molecule has 0 aromatic heterocycles. The van der Waals surface area contributed by atoms with E-state index in [-0.39, 0.29) is 41.4 Å². The molecule has 1 aliphatic rings. The molecule has 0 saturated carbocycles. The third kappa shape index (κ3) is 5.56. The number of hydrogen-bond donors (Lipinski definition) is 2. The van der Waals surface area contributed by atoms with E-state index in [1.165, 1.54) is 0 Å². The van der Waals surface area contributed by atoms with E-state index in [2.05, 4.69) is 30.2 Å². The Kier molecular flexibility index (Phi) is 8.14. The maximum absolute atomic E-state index is 13.8. The average molecular weight is 452 g/mol. The lowest BCUT2D eigenvalue weighted by Crippen LogP contribution is -2.58. The van der Waals surface area contributed by atoms with Crippen LogP contribution in [-0.4, -0.2) is 53.1 Å². The van der Waals surface area contributed by atoms with Crippen molar-refractivity contribution in [2.24, 2.45) is 5.92 Å². The SMILES string of the molecule is CCNC(=O)CN(C(=O)C(CC)c1ccccc1)N1CCC(C)(c2cccc(O)c2)C(C)C1. The van der Waals surface area contributed by atoms with E-state index in [1.807, 2.05) is 56.3 Å². The van der Waals surface area contributed by atoms with Crippen LogP contribution in [-0.2, 0) is 15.0 Å². The van der Waals surface area contributed by atoms with Crippen molar-refractivity contribution < 1.29 is 14.7 Å². The summed E-state index contributed by atoms with van der Waals surface area (Å²) in [5, 5.41) is 16.6. The molecule has 1 saturated heterocycles. The first-order chi connectivity index (χ1) is 15.8. The third-order valence-corrected chi connectivity index (χ3v) is 7.14. The van der Waals surface area contributed by atoms with E-state index in [9.17, 15) is 14.7 Å². The second-order valence-electron chi connectivity index (χ2n) is 9.25. The van der Waals surface area contributed by atoms with E-state index < -0.39 is 0 Å². The first-order valence-electron chi connectivity index (χ1n) is 12.0. The van der Waals surface area contributed by atoms with E-state index in [1.54, 1.807) is 11.1 Å². The molecule has 33 heavy (non-hydrogen) atoms. The highest BCUT2D eigenvalue weighted by molar-refractivity contribution is 5.88. The maximum atomic E-state index is 13.8. The zero-order valence-electron chi connectivity index (χ0n) is 20.3. The van der Waals surface area contributed by atoms with Gasteiger partial charge in [-0.15, -0.1) is 0 Å². The minimum absolute atomic E-state index is 0.0194. The fourth-order valence-corrected chi connectivity index (χ4v) is 4.85. The number of nitrogens with zero attached hydrogens (tertiary/aromatic N) is 2. The highest BCUT2D eigenvalue weighted by Crippen LogP contribution is 2.41. The number of piperidine rings is 1. The fraction of sp³-hybridized carbons (Fsp3) is 0.481. The van der Waals surface area contributed by atoms with E-state index in [0.717, 1.165) is 17.5 Å². The van der Waals surface area contributed by atoms with Crippen LogP contribution in [0.4, 0.5) is 0 Å². The molecule has 1 heterocycles. The number of amides is 2. The minimum atomic E-state index is -0.296. The normalized spacial score (nSPS) is 21.9. The van der Waals surface area contributed by atoms with Crippen LogP contribution in [0.3, 0.4) is 0 Å². The molecule has 3 atom stereocenters. The van der Waals surface area contributed by atoms with Gasteiger partial charge in [-0.25, -0.2) is 5.01 Å². The zero-order valence-corrected chi connectivity index (χ0v) is 20.3. The Morgan fingerprint density at radius 3 is 2.52 bits per heavy atom. The van der Waals surface area contributed by atoms with Gasteiger partial charge in [-0.3, -0.25) is 14.6 Å². The van der Waals surface area contributed by atoms with Crippen LogP contribution in [0, 0.1) is 5.92 Å². The molecule has 178 valence electrons. The second-order valence-corrected chi connectivity index (χ2v) is 9.25. The van der Waals surface area contributed by atoms with Gasteiger partial charge in [0.15, 0.2) is 0 Å². The Morgan fingerprint density at radius 2 is 1.91 bits per heavy atom. The molecule has 0 aliphatic carbocycles. The van der Waals surface area contributed by atoms with Gasteiger partial charge in [0.1, 0.15) is 12.3 Å². The number of nitrogens with one attached hydrogen (secondary N) is 1. The van der Waals surface area contributed by atoms with Crippen molar-refractivity contribution in [3.8, 4) is 5.75 Å². The Bertz CT molecular complexity index is 949. The second kappa shape index (κ2) is 10.8. The summed E-state index contributed by atoms with van der Waals surface area (Å²) in [7, 11) is 0. The van der Waals surface area contributed by atoms with Crippen LogP contribution in [0.1, 0.15) is 57.6 Å². The standard InChI is InChI=1S/C27H37N3O3/c1-5-24(21-11-8-7-9-12-21)26(33)30(19-25(32)28-6-2)29-16-15-27(4,20(3)18-29)22-13-10-14-23(31)17-22/h7-14,17,20,24,31H,5-6,15-16,18-19H2,1-4H3,(H,28,32). The molecule has 3 unspecified atom stereocenters. The van der Waals surface area contributed by atoms with E-state index in [4.69, 9.17) is 0 Å². The monoisotopic (exact) mass is 451 g/mol. The van der Waals surface area contributed by atoms with Gasteiger partial charge in [0.2, 0.25) is 11.8 Å². The predicted octanol–water partition coefficient (Wildman–Crippen LogP) is 4.07. The highest BCUT2D eigenvalue weighted by Gasteiger charge is 2.41. The van der Waals surface area contributed by atoms with E-state index in [0.29, 0.717) is 26.1 Å². The Hall–Kier alpha value is -2.86. The van der Waals surface area contributed by atoms with Crippen LogP contribution in [0.2, 0.25) is 0 Å². The molecule has 0 radical (unpaired) electrons. The number of benzene rings is 2. The Labute approximate surface area is 197 Å². The lowest BCUT2D eigenvalue weighted by atomic mass is 9.68. The summed E-state index contributed by atoms with van der Waals surface area (Å²) >= 11 is 0. The van der Waals surface area contributed by atoms with Crippen LogP contribution < -0.4 is 5.32 Å². The molecular weight excluding hydrogens is 414 g/mol. The van der Waals surface area contributed by atoms with Crippen LogP contribution in [0.15, 0.2) is 54.6 Å². The molecule has 2 aromatic carbocycles. The zero-order chi connectivity index (χ0) is 24.0. The number of rotatable bonds is 8. The third-order valence-electron chi connectivity index (χ3n) is 7.14. The number of hydrogen-bond acceptors (Lipinski definition) is 4. The molecule has 6 nitrogen and oxygen atoms in total. The number of phenols is 1. The molecule has 2 amide bonds. The van der Waals surface area contributed by atoms with Gasteiger partial charge < -0.3 is 10.4 Å². The first-order valence-corrected chi connectivity index (χ1v) is 12.0. The van der Waals surface area contributed by atoms with E-state index >= 15 is 0 Å². The van der Waals surface area contributed by atoms with Gasteiger partial charge in [0, 0.05) is 19.6 Å². The predicted molar refractivity (Wildman–Crippen MR) is 131 cm³/mol. The van der Waals surface area contributed by atoms with Crippen LogP contribution >= 0.6 is 0 Å². The quantitative estimate of drug-likeness (QED) is 0.635. The Morgan fingerprint density at radius 1 is 1.18 bits per heavy atom. The summed E-state index contributed by atoms with van der Waals surface area (Å²) in [6, 6.07) is 17.3. The Balaban J connectivity index is 1.85. The largest absolute Gasteiger partial charge is 0.508 e. The van der Waals surface area contributed by atoms with Crippen LogP contribution in [0.5, 0.6) is 5.75 Å². The van der Waals surface area contributed by atoms with Crippen molar-refractivity contribution in [2.45, 2.75) is 51.9 Å². The molecular formula is C27H37N3O3. The van der Waals surface area contributed by atoms with Crippen molar-refractivity contribution in [3.05, 3.63) is 65.7 Å². The van der Waals surface area contributed by atoms with Crippen LogP contribution in [0.25, 0.3) is 0 Å². The molecule has 2 N–H and O–H groups in total. The van der Waals surface area contributed by atoms with Gasteiger partial charge in [-0.05, 0) is 54.4 Å². The van der Waals surface area contributed by atoms with Crippen molar-refractivity contribution >= 4 is 11.8 Å². The topological polar surface area (TPSA) is 72.9 Å². The number of likely N-dealkylation sites (N-methyl/N-ethyl adjacent to an activating group) is 1. The van der Waals surface area contributed by atoms with Crippen molar-refractivity contribution in [3.63, 3.8) is 0 Å². The lowest BCUT2D eigenvalue weighted by Gasteiger charge is -2.48. The molecule has 2 aromatic rings. The van der Waals surface area contributed by atoms with Gasteiger partial charge in [0.05, 0.1) is 5.92 Å². The molecule has 1 aliphatic heterocycles. The molecule has 3 rings (SSSR count). The van der Waals surface area contributed by atoms with Gasteiger partial charge >= 0.3 is 0 Å². The number of phenolic OH excluding ortho intramolecular Hbond substituents is 1. The number of carbonyl (C=O) groups is 2. The summed E-state index contributed by atoms with van der Waals surface area (Å²) in [4.78, 5) is 26.3. The van der Waals surface area contributed by atoms with Crippen molar-refractivity contribution in [2.75, 3.05) is 26.2 Å².